The minimum Gasteiger partial charge on any atom is -0.496 e. The third-order valence-electron chi connectivity index (χ3n) is 12.2. The maximum absolute atomic E-state index is 14.9. The van der Waals surface area contributed by atoms with Crippen molar-refractivity contribution in [3.8, 4) is 11.6 Å². The lowest BCUT2D eigenvalue weighted by atomic mass is 9.82. The fourth-order valence-electron chi connectivity index (χ4n) is 8.68. The van der Waals surface area contributed by atoms with Crippen molar-refractivity contribution in [3.63, 3.8) is 0 Å². The van der Waals surface area contributed by atoms with Gasteiger partial charge in [0.25, 0.3) is 5.91 Å². The van der Waals surface area contributed by atoms with Crippen molar-refractivity contribution in [1.82, 2.24) is 25.2 Å². The van der Waals surface area contributed by atoms with Crippen LogP contribution < -0.4 is 24.8 Å². The average Bonchev–Trinajstić information content (AvgIpc) is 4.08. The summed E-state index contributed by atoms with van der Waals surface area (Å²) in [5.74, 6) is -0.632. The number of methoxy groups -OCH3 is 1. The highest BCUT2D eigenvalue weighted by atomic mass is 32.2. The van der Waals surface area contributed by atoms with Crippen LogP contribution in [-0.2, 0) is 24.4 Å². The van der Waals surface area contributed by atoms with E-state index in [0.717, 1.165) is 73.5 Å². The Labute approximate surface area is 318 Å². The molecule has 0 radical (unpaired) electrons. The molecule has 1 aromatic heterocycles. The second-order valence-electron chi connectivity index (χ2n) is 16.8. The van der Waals surface area contributed by atoms with Gasteiger partial charge in [-0.25, -0.2) is 13.4 Å². The van der Waals surface area contributed by atoms with E-state index in [1.54, 1.807) is 24.3 Å². The molecule has 0 spiro atoms. The fraction of sp³-hybridized carbons (Fsp3) is 0.610. The van der Waals surface area contributed by atoms with Crippen LogP contribution in [0.3, 0.4) is 0 Å². The fourth-order valence-corrected chi connectivity index (χ4v) is 10.0. The van der Waals surface area contributed by atoms with Gasteiger partial charge in [0.05, 0.1) is 24.9 Å². The van der Waals surface area contributed by atoms with Gasteiger partial charge in [-0.1, -0.05) is 51.3 Å². The molecule has 292 valence electrons. The summed E-state index contributed by atoms with van der Waals surface area (Å²) in [5.41, 5.74) is -0.550. The lowest BCUT2D eigenvalue weighted by molar-refractivity contribution is -0.142. The molecule has 2 aromatic rings. The molecule has 4 bridgehead atoms. The number of allylic oxidation sites excluding steroid dienone is 1. The van der Waals surface area contributed by atoms with Gasteiger partial charge >= 0.3 is 0 Å². The van der Waals surface area contributed by atoms with Crippen molar-refractivity contribution in [1.29, 1.82) is 0 Å². The predicted octanol–water partition coefficient (Wildman–Crippen LogP) is 5.02. The van der Waals surface area contributed by atoms with Gasteiger partial charge in [-0.2, -0.15) is 0 Å². The molecule has 54 heavy (non-hydrogen) atoms. The molecule has 2 aliphatic heterocycles. The number of nitrogens with one attached hydrogen (secondary N) is 3. The first-order valence-corrected chi connectivity index (χ1v) is 21.2. The van der Waals surface area contributed by atoms with E-state index in [0.29, 0.717) is 25.3 Å². The summed E-state index contributed by atoms with van der Waals surface area (Å²) in [6.07, 6.45) is 16.1. The predicted molar refractivity (Wildman–Crippen MR) is 207 cm³/mol. The van der Waals surface area contributed by atoms with E-state index >= 15 is 0 Å². The maximum atomic E-state index is 14.9. The number of sulfonamides is 1. The molecular formula is C41H55N5O7S. The smallest absolute Gasteiger partial charge is 0.259 e. The Bertz CT molecular complexity index is 1920. The molecule has 1 saturated heterocycles. The Balaban J connectivity index is 1.23. The van der Waals surface area contributed by atoms with Crippen LogP contribution in [0.25, 0.3) is 16.8 Å². The zero-order valence-corrected chi connectivity index (χ0v) is 32.6. The van der Waals surface area contributed by atoms with Gasteiger partial charge in [0.1, 0.15) is 23.4 Å². The topological polar surface area (TPSA) is 156 Å². The highest BCUT2D eigenvalue weighted by molar-refractivity contribution is 7.91. The van der Waals surface area contributed by atoms with E-state index < -0.39 is 56.7 Å². The number of pyridine rings is 1. The molecule has 4 fully saturated rings. The molecule has 5 atom stereocenters. The van der Waals surface area contributed by atoms with Crippen LogP contribution in [0.15, 0.2) is 43.1 Å². The SMILES string of the molecule is C=C[C@@H]1C[C@]1(NC(=O)[C@@H]1C[C@@H]2CN1C(=O)[C@H](C1CCCCC1)NCCCC(C)(C)C/C=C/c1cc3c(nccc3cc1OC)O2)C(=O)NS(=O)(=O)C1CC1. The normalized spacial score (nSPS) is 29.8. The van der Waals surface area contributed by atoms with Crippen molar-refractivity contribution in [2.24, 2.45) is 17.3 Å². The van der Waals surface area contributed by atoms with Crippen molar-refractivity contribution in [2.45, 2.75) is 120 Å². The largest absolute Gasteiger partial charge is 0.496 e. The standard InChI is InChI=1S/C41H55N5O7S/c1-5-29-24-41(29,39(49)45-54(50,51)31-14-15-31)44-36(47)33-23-30-25-46(33)38(48)35(26-11-7-6-8-12-26)42-19-10-18-40(2,3)17-9-13-28-21-32-27(22-34(28)52-4)16-20-43-37(32)53-30/h5,9,13,16,20-22,26,29-31,33,35,42H,1,6-8,10-12,14-15,17-19,23-25H2,2-4H3,(H,44,47)(H,45,49)/b13-9+/t29-,30-,33+,35+,41-/m1/s1. The highest BCUT2D eigenvalue weighted by Crippen LogP contribution is 2.46. The molecule has 0 unspecified atom stereocenters. The van der Waals surface area contributed by atoms with E-state index in [2.05, 4.69) is 52.9 Å². The molecule has 3 aliphatic carbocycles. The summed E-state index contributed by atoms with van der Waals surface area (Å²) in [6.45, 7) is 9.16. The Morgan fingerprint density at radius 2 is 1.91 bits per heavy atom. The van der Waals surface area contributed by atoms with E-state index in [9.17, 15) is 22.8 Å². The second-order valence-corrected chi connectivity index (χ2v) is 18.8. The van der Waals surface area contributed by atoms with Gasteiger partial charge in [-0.15, -0.1) is 6.58 Å². The van der Waals surface area contributed by atoms with Crippen LogP contribution in [0.1, 0.15) is 96.5 Å². The summed E-state index contributed by atoms with van der Waals surface area (Å²) < 4.78 is 40.2. The van der Waals surface area contributed by atoms with Gasteiger partial charge in [0.2, 0.25) is 27.7 Å². The van der Waals surface area contributed by atoms with Gasteiger partial charge in [-0.05, 0) is 92.8 Å². The Kier molecular flexibility index (Phi) is 10.8. The number of carbonyl (C=O) groups is 3. The van der Waals surface area contributed by atoms with Crippen LogP contribution in [0.5, 0.6) is 11.6 Å². The van der Waals surface area contributed by atoms with Crippen LogP contribution in [0, 0.1) is 17.3 Å². The van der Waals surface area contributed by atoms with Crippen molar-refractivity contribution < 1.29 is 32.3 Å². The number of benzene rings is 1. The number of nitrogens with zero attached hydrogens (tertiary/aromatic N) is 2. The Morgan fingerprint density at radius 3 is 2.61 bits per heavy atom. The van der Waals surface area contributed by atoms with Crippen LogP contribution in [0.4, 0.5) is 0 Å². The second kappa shape index (κ2) is 15.3. The monoisotopic (exact) mass is 761 g/mol. The van der Waals surface area contributed by atoms with Crippen LogP contribution in [-0.4, -0.2) is 85.2 Å². The number of carbonyl (C=O) groups excluding carboxylic acids is 3. The first-order valence-electron chi connectivity index (χ1n) is 19.7. The molecule has 1 aromatic carbocycles. The number of aromatic nitrogens is 1. The van der Waals surface area contributed by atoms with Crippen LogP contribution in [0.2, 0.25) is 0 Å². The average molecular weight is 762 g/mol. The molecular weight excluding hydrogens is 707 g/mol. The number of ether oxygens (including phenoxy) is 2. The van der Waals surface area contributed by atoms with Gasteiger partial charge in [-0.3, -0.25) is 19.1 Å². The Morgan fingerprint density at radius 1 is 1.13 bits per heavy atom. The zero-order valence-electron chi connectivity index (χ0n) is 31.8. The molecule has 3 saturated carbocycles. The van der Waals surface area contributed by atoms with Gasteiger partial charge in [0.15, 0.2) is 0 Å². The minimum absolute atomic E-state index is 0.0194. The van der Waals surface area contributed by atoms with E-state index in [1.165, 1.54) is 0 Å². The number of hydrogen-bond donors (Lipinski definition) is 3. The molecule has 7 rings (SSSR count). The minimum atomic E-state index is -3.85. The molecule has 12 nitrogen and oxygen atoms in total. The summed E-state index contributed by atoms with van der Waals surface area (Å²) in [6, 6.07) is 4.44. The van der Waals surface area contributed by atoms with Gasteiger partial charge in [0, 0.05) is 29.5 Å². The highest BCUT2D eigenvalue weighted by Gasteiger charge is 2.62. The summed E-state index contributed by atoms with van der Waals surface area (Å²) in [5, 5.41) is 7.63. The van der Waals surface area contributed by atoms with Crippen molar-refractivity contribution in [2.75, 3.05) is 20.2 Å². The number of hydrogen-bond acceptors (Lipinski definition) is 9. The molecule has 3 amide bonds. The van der Waals surface area contributed by atoms with Gasteiger partial charge < -0.3 is 25.0 Å². The third kappa shape index (κ3) is 8.03. The maximum Gasteiger partial charge on any atom is 0.259 e. The quantitative estimate of drug-likeness (QED) is 0.315. The molecule has 3 N–H and O–H groups in total. The molecule has 5 aliphatic rings. The number of fused-ring (bicyclic) bond motifs is 3. The number of rotatable bonds is 8. The van der Waals surface area contributed by atoms with E-state index in [1.807, 2.05) is 18.2 Å². The molecule has 3 heterocycles. The molecule has 13 heteroatoms. The van der Waals surface area contributed by atoms with Crippen LogP contribution >= 0.6 is 0 Å². The Hall–Kier alpha value is -3.97. The van der Waals surface area contributed by atoms with E-state index in [-0.39, 0.29) is 36.6 Å². The third-order valence-corrected chi connectivity index (χ3v) is 14.0. The van der Waals surface area contributed by atoms with E-state index in [4.69, 9.17) is 9.47 Å². The summed E-state index contributed by atoms with van der Waals surface area (Å²) in [4.78, 5) is 49.1. The lowest BCUT2D eigenvalue weighted by Crippen LogP contribution is -2.59. The first kappa shape index (κ1) is 38.3. The number of amides is 3. The lowest BCUT2D eigenvalue weighted by Gasteiger charge is -2.35. The first-order chi connectivity index (χ1) is 25.8. The van der Waals surface area contributed by atoms with Crippen molar-refractivity contribution >= 4 is 44.6 Å². The zero-order chi connectivity index (χ0) is 38.3. The summed E-state index contributed by atoms with van der Waals surface area (Å²) in [7, 11) is -2.19. The van der Waals surface area contributed by atoms with Crippen molar-refractivity contribution in [3.05, 3.63) is 48.7 Å². The summed E-state index contributed by atoms with van der Waals surface area (Å²) >= 11 is 0.